The zero-order chi connectivity index (χ0) is 17.9. The molecule has 2 aromatic carbocycles. The van der Waals surface area contributed by atoms with Gasteiger partial charge in [0.2, 0.25) is 0 Å². The van der Waals surface area contributed by atoms with Crippen LogP contribution in [-0.4, -0.2) is 23.7 Å². The van der Waals surface area contributed by atoms with Gasteiger partial charge >= 0.3 is 11.9 Å². The van der Waals surface area contributed by atoms with Gasteiger partial charge in [0.05, 0.1) is 9.50 Å². The van der Waals surface area contributed by atoms with Crippen molar-refractivity contribution < 1.29 is 24.2 Å². The summed E-state index contributed by atoms with van der Waals surface area (Å²) in [4.78, 5) is 23.1. The molecule has 0 bridgehead atoms. The first-order valence-corrected chi connectivity index (χ1v) is 8.63. The Labute approximate surface area is 163 Å². The lowest BCUT2D eigenvalue weighted by atomic mass is 10.2. The van der Waals surface area contributed by atoms with E-state index in [4.69, 9.17) is 37.8 Å². The quantitative estimate of drug-likeness (QED) is 0.453. The lowest BCUT2D eigenvalue weighted by Gasteiger charge is -2.11. The van der Waals surface area contributed by atoms with Crippen molar-refractivity contribution in [1.82, 2.24) is 0 Å². The van der Waals surface area contributed by atoms with Crippen LogP contribution in [0.4, 0.5) is 0 Å². The fraction of sp³-hybridized carbons (Fsp3) is 0.0667. The maximum absolute atomic E-state index is 11.9. The largest absolute Gasteiger partial charge is 0.479 e. The van der Waals surface area contributed by atoms with Crippen LogP contribution in [0.1, 0.15) is 10.4 Å². The number of carbonyl (C=O) groups excluding carboxylic acids is 1. The second kappa shape index (κ2) is 8.20. The summed E-state index contributed by atoms with van der Waals surface area (Å²) in [5.41, 5.74) is -0.150. The number of carboxylic acids is 1. The molecule has 0 aliphatic rings. The third-order valence-electron chi connectivity index (χ3n) is 2.69. The van der Waals surface area contributed by atoms with Crippen LogP contribution in [0.2, 0.25) is 10.0 Å². The average Bonchev–Trinajstić information content (AvgIpc) is 2.47. The van der Waals surface area contributed by atoms with E-state index < -0.39 is 18.5 Å². The highest BCUT2D eigenvalue weighted by Gasteiger charge is 2.17. The summed E-state index contributed by atoms with van der Waals surface area (Å²) in [7, 11) is 0. The lowest BCUT2D eigenvalue weighted by molar-refractivity contribution is -0.136. The van der Waals surface area contributed by atoms with E-state index in [1.54, 1.807) is 12.1 Å². The van der Waals surface area contributed by atoms with Gasteiger partial charge in [-0.2, -0.15) is 0 Å². The van der Waals surface area contributed by atoms with E-state index in [9.17, 15) is 9.59 Å². The average molecular weight is 499 g/mol. The number of halogens is 4. The van der Waals surface area contributed by atoms with Crippen LogP contribution >= 0.6 is 55.1 Å². The highest BCUT2D eigenvalue weighted by Crippen LogP contribution is 2.36. The van der Waals surface area contributed by atoms with E-state index in [0.29, 0.717) is 14.0 Å². The van der Waals surface area contributed by atoms with Gasteiger partial charge in [-0.05, 0) is 46.3 Å². The molecule has 0 unspecified atom stereocenters. The predicted molar refractivity (Wildman–Crippen MR) is 96.4 cm³/mol. The molecule has 0 amide bonds. The van der Waals surface area contributed by atoms with Crippen molar-refractivity contribution in [1.29, 1.82) is 0 Å². The van der Waals surface area contributed by atoms with Crippen LogP contribution in [0.25, 0.3) is 0 Å². The molecule has 0 aliphatic heterocycles. The molecule has 0 aliphatic carbocycles. The Morgan fingerprint density at radius 2 is 1.83 bits per heavy atom. The maximum atomic E-state index is 11.9. The topological polar surface area (TPSA) is 72.8 Å². The van der Waals surface area contributed by atoms with E-state index in [1.807, 2.05) is 0 Å². The standard InChI is InChI=1S/C15H8Br2Cl2O5/c16-7-1-2-12(9(3-7)15(21)22)24-13(20)6-23-14-10(17)4-8(18)5-11(14)19/h1-5H,6H2,(H,21,22). The van der Waals surface area contributed by atoms with E-state index >= 15 is 0 Å². The Hall–Kier alpha value is -1.28. The molecular formula is C15H8Br2Cl2O5. The second-order valence-electron chi connectivity index (χ2n) is 4.41. The van der Waals surface area contributed by atoms with E-state index in [2.05, 4.69) is 31.9 Å². The molecule has 0 spiro atoms. The van der Waals surface area contributed by atoms with Gasteiger partial charge in [0.25, 0.3) is 0 Å². The van der Waals surface area contributed by atoms with E-state index in [1.165, 1.54) is 18.2 Å². The van der Waals surface area contributed by atoms with Crippen molar-refractivity contribution in [2.45, 2.75) is 0 Å². The van der Waals surface area contributed by atoms with Crippen LogP contribution in [0.5, 0.6) is 11.5 Å². The van der Waals surface area contributed by atoms with Crippen LogP contribution < -0.4 is 9.47 Å². The first kappa shape index (κ1) is 19.1. The van der Waals surface area contributed by atoms with Crippen LogP contribution in [0.15, 0.2) is 39.3 Å². The number of esters is 1. The molecule has 0 saturated carbocycles. The minimum atomic E-state index is -1.22. The molecule has 0 atom stereocenters. The van der Waals surface area contributed by atoms with Crippen molar-refractivity contribution in [2.24, 2.45) is 0 Å². The van der Waals surface area contributed by atoms with Crippen molar-refractivity contribution in [3.8, 4) is 11.5 Å². The number of carboxylic acid groups (broad SMARTS) is 1. The molecule has 2 rings (SSSR count). The molecule has 1 N–H and O–H groups in total. The molecule has 5 nitrogen and oxygen atoms in total. The maximum Gasteiger partial charge on any atom is 0.349 e. The normalized spacial score (nSPS) is 10.3. The van der Waals surface area contributed by atoms with E-state index in [0.717, 1.165) is 0 Å². The molecular weight excluding hydrogens is 491 g/mol. The third-order valence-corrected chi connectivity index (χ3v) is 4.27. The smallest absolute Gasteiger partial charge is 0.349 e. The van der Waals surface area contributed by atoms with Gasteiger partial charge in [0.15, 0.2) is 12.4 Å². The summed E-state index contributed by atoms with van der Waals surface area (Å²) in [6, 6.07) is 7.29. The van der Waals surface area contributed by atoms with Crippen molar-refractivity contribution in [3.63, 3.8) is 0 Å². The highest BCUT2D eigenvalue weighted by atomic mass is 79.9. The van der Waals surface area contributed by atoms with Gasteiger partial charge in [0.1, 0.15) is 11.3 Å². The van der Waals surface area contributed by atoms with Crippen molar-refractivity contribution in [2.75, 3.05) is 6.61 Å². The summed E-state index contributed by atoms with van der Waals surface area (Å²) >= 11 is 18.2. The van der Waals surface area contributed by atoms with Crippen molar-refractivity contribution in [3.05, 3.63) is 54.9 Å². The second-order valence-corrected chi connectivity index (χ2v) is 7.02. The monoisotopic (exact) mass is 496 g/mol. The molecule has 24 heavy (non-hydrogen) atoms. The van der Waals surface area contributed by atoms with Crippen LogP contribution in [0.3, 0.4) is 0 Å². The Morgan fingerprint density at radius 3 is 2.46 bits per heavy atom. The highest BCUT2D eigenvalue weighted by molar-refractivity contribution is 9.10. The fourth-order valence-electron chi connectivity index (χ4n) is 1.71. The first-order valence-electron chi connectivity index (χ1n) is 6.29. The lowest BCUT2D eigenvalue weighted by Crippen LogP contribution is -2.19. The number of ether oxygens (including phenoxy) is 2. The van der Waals surface area contributed by atoms with Crippen molar-refractivity contribution >= 4 is 67.0 Å². The Kier molecular flexibility index (Phi) is 6.51. The van der Waals surface area contributed by atoms with Gasteiger partial charge in [-0.3, -0.25) is 0 Å². The Balaban J connectivity index is 2.09. The minimum absolute atomic E-state index is 0.0828. The predicted octanol–water partition coefficient (Wildman–Crippen LogP) is 5.20. The third kappa shape index (κ3) is 4.86. The molecule has 0 radical (unpaired) electrons. The molecule has 0 heterocycles. The SMILES string of the molecule is O=C(COc1c(Cl)cc(Cl)cc1Br)Oc1ccc(Br)cc1C(=O)O. The summed E-state index contributed by atoms with van der Waals surface area (Å²) in [5.74, 6) is -1.85. The van der Waals surface area contributed by atoms with Gasteiger partial charge in [-0.15, -0.1) is 0 Å². The number of carbonyl (C=O) groups is 2. The van der Waals surface area contributed by atoms with Gasteiger partial charge in [-0.25, -0.2) is 9.59 Å². The number of aromatic carboxylic acids is 1. The zero-order valence-electron chi connectivity index (χ0n) is 11.7. The zero-order valence-corrected chi connectivity index (χ0v) is 16.4. The molecule has 0 aromatic heterocycles. The Morgan fingerprint density at radius 1 is 1.12 bits per heavy atom. The van der Waals surface area contributed by atoms with Gasteiger partial charge in [-0.1, -0.05) is 39.1 Å². The van der Waals surface area contributed by atoms with Crippen LogP contribution in [0, 0.1) is 0 Å². The number of rotatable bonds is 5. The molecule has 0 saturated heterocycles. The minimum Gasteiger partial charge on any atom is -0.479 e. The van der Waals surface area contributed by atoms with Gasteiger partial charge < -0.3 is 14.6 Å². The fourth-order valence-corrected chi connectivity index (χ4v) is 3.44. The summed E-state index contributed by atoms with van der Waals surface area (Å²) < 4.78 is 11.4. The number of hydrogen-bond acceptors (Lipinski definition) is 4. The number of benzene rings is 2. The Bertz CT molecular complexity index is 787. The molecule has 9 heteroatoms. The van der Waals surface area contributed by atoms with Gasteiger partial charge in [0, 0.05) is 9.50 Å². The molecule has 0 fully saturated rings. The summed E-state index contributed by atoms with van der Waals surface area (Å²) in [6.07, 6.45) is 0. The summed E-state index contributed by atoms with van der Waals surface area (Å²) in [6.45, 7) is -0.463. The summed E-state index contributed by atoms with van der Waals surface area (Å²) in [5, 5.41) is 9.75. The van der Waals surface area contributed by atoms with Crippen LogP contribution in [-0.2, 0) is 4.79 Å². The number of hydrogen-bond donors (Lipinski definition) is 1. The molecule has 126 valence electrons. The molecule has 2 aromatic rings. The first-order chi connectivity index (χ1) is 11.3. The van der Waals surface area contributed by atoms with E-state index in [-0.39, 0.29) is 22.1 Å².